The molecule has 1 aliphatic heterocycles. The van der Waals surface area contributed by atoms with Crippen molar-refractivity contribution < 1.29 is 33.5 Å². The quantitative estimate of drug-likeness (QED) is 0.187. The summed E-state index contributed by atoms with van der Waals surface area (Å²) in [6.45, 7) is 25.2. The number of urea groups is 1. The molecule has 0 spiro atoms. The lowest BCUT2D eigenvalue weighted by atomic mass is 9.85. The van der Waals surface area contributed by atoms with Gasteiger partial charge in [0.05, 0.1) is 12.1 Å². The van der Waals surface area contributed by atoms with E-state index in [0.717, 1.165) is 18.8 Å². The molecule has 2 fully saturated rings. The van der Waals surface area contributed by atoms with Crippen molar-refractivity contribution in [2.24, 2.45) is 23.0 Å². The highest BCUT2D eigenvalue weighted by molar-refractivity contribution is 6.37. The molecule has 46 heavy (non-hydrogen) atoms. The number of ketones is 1. The molecule has 5 amide bonds. The van der Waals surface area contributed by atoms with Gasteiger partial charge in [-0.25, -0.2) is 9.59 Å². The van der Waals surface area contributed by atoms with Crippen LogP contribution >= 0.6 is 0 Å². The van der Waals surface area contributed by atoms with Gasteiger partial charge < -0.3 is 31.3 Å². The molecule has 12 heteroatoms. The first-order valence-electron chi connectivity index (χ1n) is 17.0. The first kappa shape index (κ1) is 44.9. The van der Waals surface area contributed by atoms with Crippen LogP contribution in [0.2, 0.25) is 0 Å². The third kappa shape index (κ3) is 18.1. The molecule has 3 unspecified atom stereocenters. The topological polar surface area (TPSA) is 177 Å². The van der Waals surface area contributed by atoms with Crippen LogP contribution in [0.5, 0.6) is 0 Å². The highest BCUT2D eigenvalue weighted by Gasteiger charge is 2.43. The molecule has 12 nitrogen and oxygen atoms in total. The fourth-order valence-electron chi connectivity index (χ4n) is 4.24. The number of nitrogens with two attached hydrogens (primary N) is 1. The number of ether oxygens (including phenoxy) is 1. The molecular weight excluding hydrogens is 590 g/mol. The molecule has 1 saturated heterocycles. The predicted molar refractivity (Wildman–Crippen MR) is 182 cm³/mol. The van der Waals surface area contributed by atoms with Crippen molar-refractivity contribution >= 4 is 35.5 Å². The van der Waals surface area contributed by atoms with E-state index in [4.69, 9.17) is 10.5 Å². The first-order valence-corrected chi connectivity index (χ1v) is 17.0. The lowest BCUT2D eigenvalue weighted by Gasteiger charge is -2.35. The van der Waals surface area contributed by atoms with Crippen LogP contribution in [-0.4, -0.2) is 77.2 Å². The Labute approximate surface area is 278 Å². The normalized spacial score (nSPS) is 17.4. The van der Waals surface area contributed by atoms with E-state index in [2.05, 4.69) is 50.6 Å². The average molecular weight is 656 g/mol. The van der Waals surface area contributed by atoms with Gasteiger partial charge in [-0.1, -0.05) is 88.5 Å². The number of carbonyl (C=O) groups is 6. The first-order chi connectivity index (χ1) is 21.3. The van der Waals surface area contributed by atoms with Crippen molar-refractivity contribution in [2.75, 3.05) is 6.54 Å². The summed E-state index contributed by atoms with van der Waals surface area (Å²) >= 11 is 0. The van der Waals surface area contributed by atoms with E-state index in [1.807, 2.05) is 13.8 Å². The molecule has 2 aliphatic rings. The maximum Gasteiger partial charge on any atom is 0.328 e. The monoisotopic (exact) mass is 655 g/mol. The van der Waals surface area contributed by atoms with E-state index in [1.165, 1.54) is 18.2 Å². The largest absolute Gasteiger partial charge is 0.461 e. The molecule has 0 radical (unpaired) electrons. The number of esters is 1. The van der Waals surface area contributed by atoms with Gasteiger partial charge in [-0.2, -0.15) is 0 Å². The molecule has 1 aliphatic carbocycles. The second kappa shape index (κ2) is 22.4. The lowest BCUT2D eigenvalue weighted by Crippen LogP contribution is -2.60. The minimum absolute atomic E-state index is 0.253. The molecule has 5 N–H and O–H groups in total. The van der Waals surface area contributed by atoms with Gasteiger partial charge in [0.15, 0.2) is 0 Å². The Morgan fingerprint density at radius 3 is 1.78 bits per heavy atom. The Morgan fingerprint density at radius 2 is 1.37 bits per heavy atom. The number of nitrogens with zero attached hydrogens (tertiary/aromatic N) is 1. The minimum atomic E-state index is -1.11. The molecule has 1 saturated carbocycles. The second-order valence-electron chi connectivity index (χ2n) is 13.7. The SMILES string of the molecule is CC.CC(C)C.CC(C)OC(=O)C(C)NC(=O)NC(C(=O)N1CCC[C@H]1C(=O)NC(CC1CC1)C(=O)C(N)=O)C(C)(C)C.CCC. The van der Waals surface area contributed by atoms with E-state index in [9.17, 15) is 28.8 Å². The van der Waals surface area contributed by atoms with Crippen molar-refractivity contribution in [3.05, 3.63) is 0 Å². The van der Waals surface area contributed by atoms with Crippen molar-refractivity contribution in [1.29, 1.82) is 0 Å². The average Bonchev–Trinajstić information content (AvgIpc) is 3.61. The summed E-state index contributed by atoms with van der Waals surface area (Å²) in [5, 5.41) is 7.76. The summed E-state index contributed by atoms with van der Waals surface area (Å²) in [7, 11) is 0. The van der Waals surface area contributed by atoms with Crippen molar-refractivity contribution in [3.8, 4) is 0 Å². The second-order valence-corrected chi connectivity index (χ2v) is 13.7. The van der Waals surface area contributed by atoms with Gasteiger partial charge >= 0.3 is 12.0 Å². The van der Waals surface area contributed by atoms with Crippen LogP contribution in [0.15, 0.2) is 0 Å². The number of rotatable bonds is 11. The Bertz CT molecular complexity index is 971. The fraction of sp³-hybridized carbons (Fsp3) is 0.824. The van der Waals surface area contributed by atoms with Crippen LogP contribution in [0.25, 0.3) is 0 Å². The number of carbonyl (C=O) groups excluding carboxylic acids is 6. The van der Waals surface area contributed by atoms with Gasteiger partial charge in [0.2, 0.25) is 17.6 Å². The Hall–Kier alpha value is -3.18. The highest BCUT2D eigenvalue weighted by atomic mass is 16.5. The van der Waals surface area contributed by atoms with Crippen LogP contribution in [-0.2, 0) is 28.7 Å². The van der Waals surface area contributed by atoms with Crippen LogP contribution in [0.4, 0.5) is 4.79 Å². The molecule has 4 atom stereocenters. The van der Waals surface area contributed by atoms with Gasteiger partial charge in [-0.05, 0) is 57.3 Å². The summed E-state index contributed by atoms with van der Waals surface area (Å²) in [5.41, 5.74) is 4.44. The van der Waals surface area contributed by atoms with Crippen LogP contribution < -0.4 is 21.7 Å². The summed E-state index contributed by atoms with van der Waals surface area (Å²) in [5.74, 6) is -2.48. The smallest absolute Gasteiger partial charge is 0.328 e. The van der Waals surface area contributed by atoms with Gasteiger partial charge in [0, 0.05) is 6.54 Å². The Kier molecular flexibility index (Phi) is 21.9. The standard InChI is InChI=1S/C25H41N5O7.C4H10.C3H8.C2H6/c1-13(2)37-23(35)14(3)27-24(36)29-19(25(4,5)6)22(34)30-11-7-8-17(30)21(33)28-16(12-15-9-10-15)18(31)20(26)32;1-4(2)3;1-3-2;1-2/h13-17,19H,7-12H2,1-6H3,(H2,26,32)(H,28,33)(H2,27,29,36);4H,1-3H3;3H2,1-2H3;1-2H3/t14?,16?,17-,19?;;;/m0.../s1. The summed E-state index contributed by atoms with van der Waals surface area (Å²) in [6.07, 6.45) is 4.01. The van der Waals surface area contributed by atoms with Crippen molar-refractivity contribution in [2.45, 2.75) is 159 Å². The van der Waals surface area contributed by atoms with Gasteiger partial charge in [0.1, 0.15) is 18.1 Å². The Balaban J connectivity index is 0. The van der Waals surface area contributed by atoms with Crippen LogP contribution in [0, 0.1) is 17.3 Å². The number of hydrogen-bond donors (Lipinski definition) is 4. The van der Waals surface area contributed by atoms with E-state index in [-0.39, 0.29) is 12.0 Å². The number of hydrogen-bond acceptors (Lipinski definition) is 7. The maximum atomic E-state index is 13.6. The molecule has 0 aromatic rings. The van der Waals surface area contributed by atoms with E-state index < -0.39 is 65.1 Å². The van der Waals surface area contributed by atoms with E-state index in [1.54, 1.807) is 34.6 Å². The molecule has 268 valence electrons. The number of Topliss-reactive ketones (excluding diaryl/α,β-unsaturated/α-hetero) is 1. The summed E-state index contributed by atoms with van der Waals surface area (Å²) < 4.78 is 5.09. The molecule has 0 aromatic heterocycles. The third-order valence-corrected chi connectivity index (χ3v) is 6.42. The molecule has 0 bridgehead atoms. The molecular formula is C34H65N5O7. The third-order valence-electron chi connectivity index (χ3n) is 6.42. The van der Waals surface area contributed by atoms with Gasteiger partial charge in [0.25, 0.3) is 5.91 Å². The minimum Gasteiger partial charge on any atom is -0.461 e. The number of amides is 5. The van der Waals surface area contributed by atoms with Gasteiger partial charge in [-0.15, -0.1) is 0 Å². The number of likely N-dealkylation sites (tertiary alicyclic amines) is 1. The zero-order chi connectivity index (χ0) is 36.4. The predicted octanol–water partition coefficient (Wildman–Crippen LogP) is 4.48. The molecule has 1 heterocycles. The van der Waals surface area contributed by atoms with Crippen molar-refractivity contribution in [1.82, 2.24) is 20.9 Å². The van der Waals surface area contributed by atoms with Crippen LogP contribution in [0.1, 0.15) is 129 Å². The lowest BCUT2D eigenvalue weighted by molar-refractivity contribution is -0.149. The number of primary amides is 1. The Morgan fingerprint density at radius 1 is 0.870 bits per heavy atom. The van der Waals surface area contributed by atoms with E-state index in [0.29, 0.717) is 25.8 Å². The fourth-order valence-corrected chi connectivity index (χ4v) is 4.24. The van der Waals surface area contributed by atoms with Crippen LogP contribution in [0.3, 0.4) is 0 Å². The molecule has 0 aromatic carbocycles. The summed E-state index contributed by atoms with van der Waals surface area (Å²) in [4.78, 5) is 76.6. The maximum absolute atomic E-state index is 13.6. The van der Waals surface area contributed by atoms with Crippen molar-refractivity contribution in [3.63, 3.8) is 0 Å². The van der Waals surface area contributed by atoms with E-state index >= 15 is 0 Å². The molecule has 2 rings (SSSR count). The highest BCUT2D eigenvalue weighted by Crippen LogP contribution is 2.34. The summed E-state index contributed by atoms with van der Waals surface area (Å²) in [6, 6.07) is -4.55. The van der Waals surface area contributed by atoms with Gasteiger partial charge in [-0.3, -0.25) is 19.2 Å². The zero-order valence-electron chi connectivity index (χ0n) is 30.9. The zero-order valence-corrected chi connectivity index (χ0v) is 30.9. The number of nitrogens with one attached hydrogen (secondary N) is 3.